The van der Waals surface area contributed by atoms with Crippen LogP contribution in [-0.2, 0) is 4.79 Å². The second kappa shape index (κ2) is 9.42. The maximum Gasteiger partial charge on any atom is 0.220 e. The summed E-state index contributed by atoms with van der Waals surface area (Å²) in [7, 11) is 0. The number of hydrogen-bond acceptors (Lipinski definition) is 3. The highest BCUT2D eigenvalue weighted by Crippen LogP contribution is 2.29. The molecule has 0 spiro atoms. The zero-order chi connectivity index (χ0) is 15.8. The topological polar surface area (TPSA) is 58.4 Å². The summed E-state index contributed by atoms with van der Waals surface area (Å²) in [4.78, 5) is 14.4. The van der Waals surface area contributed by atoms with Crippen molar-refractivity contribution in [2.75, 3.05) is 19.6 Å². The van der Waals surface area contributed by atoms with Crippen LogP contribution in [0.1, 0.15) is 59.8 Å². The van der Waals surface area contributed by atoms with Crippen molar-refractivity contribution in [3.63, 3.8) is 0 Å². The van der Waals surface area contributed by atoms with Crippen LogP contribution in [0.3, 0.4) is 0 Å². The molecule has 1 aliphatic rings. The third-order valence-electron chi connectivity index (χ3n) is 4.79. The van der Waals surface area contributed by atoms with Gasteiger partial charge >= 0.3 is 0 Å². The molecule has 0 aliphatic heterocycles. The highest BCUT2D eigenvalue weighted by molar-refractivity contribution is 5.76. The molecule has 0 aromatic carbocycles. The predicted molar refractivity (Wildman–Crippen MR) is 89.1 cm³/mol. The molecule has 0 aromatic heterocycles. The van der Waals surface area contributed by atoms with Gasteiger partial charge in [-0.05, 0) is 71.8 Å². The van der Waals surface area contributed by atoms with Crippen LogP contribution in [0.2, 0.25) is 0 Å². The van der Waals surface area contributed by atoms with Gasteiger partial charge in [0.15, 0.2) is 0 Å². The Balaban J connectivity index is 2.19. The predicted octanol–water partition coefficient (Wildman–Crippen LogP) is 2.38. The first-order valence-electron chi connectivity index (χ1n) is 8.66. The first-order valence-corrected chi connectivity index (χ1v) is 8.66. The lowest BCUT2D eigenvalue weighted by Crippen LogP contribution is -2.42. The van der Waals surface area contributed by atoms with Gasteiger partial charge in [-0.2, -0.15) is 0 Å². The van der Waals surface area contributed by atoms with Crippen LogP contribution in [0.25, 0.3) is 0 Å². The molecule has 0 saturated heterocycles. The van der Waals surface area contributed by atoms with Gasteiger partial charge in [0.25, 0.3) is 0 Å². The maximum atomic E-state index is 12.0. The summed E-state index contributed by atoms with van der Waals surface area (Å²) in [6.07, 6.45) is 5.42. The summed E-state index contributed by atoms with van der Waals surface area (Å²) in [5.41, 5.74) is 5.71. The molecule has 0 bridgehead atoms. The van der Waals surface area contributed by atoms with E-state index in [9.17, 15) is 4.79 Å². The van der Waals surface area contributed by atoms with Crippen molar-refractivity contribution < 1.29 is 4.79 Å². The van der Waals surface area contributed by atoms with E-state index in [2.05, 4.69) is 37.9 Å². The van der Waals surface area contributed by atoms with Crippen molar-refractivity contribution in [1.82, 2.24) is 10.2 Å². The number of nitrogens with zero attached hydrogens (tertiary/aromatic N) is 1. The lowest BCUT2D eigenvalue weighted by Gasteiger charge is -2.30. The third-order valence-corrected chi connectivity index (χ3v) is 4.79. The molecule has 1 rings (SSSR count). The van der Waals surface area contributed by atoms with Gasteiger partial charge in [0.2, 0.25) is 5.91 Å². The van der Waals surface area contributed by atoms with Crippen molar-refractivity contribution in [3.8, 4) is 0 Å². The normalized spacial score (nSPS) is 23.0. The second-order valence-corrected chi connectivity index (χ2v) is 7.10. The molecule has 1 fully saturated rings. The number of amides is 1. The van der Waals surface area contributed by atoms with E-state index in [1.807, 2.05) is 0 Å². The second-order valence-electron chi connectivity index (χ2n) is 7.10. The van der Waals surface area contributed by atoms with E-state index in [4.69, 9.17) is 5.73 Å². The number of carbonyl (C=O) groups is 1. The van der Waals surface area contributed by atoms with E-state index in [0.717, 1.165) is 19.6 Å². The molecule has 0 heterocycles. The van der Waals surface area contributed by atoms with E-state index in [0.29, 0.717) is 30.3 Å². The average molecular weight is 297 g/mol. The van der Waals surface area contributed by atoms with Gasteiger partial charge in [-0.3, -0.25) is 9.69 Å². The van der Waals surface area contributed by atoms with Gasteiger partial charge in [-0.15, -0.1) is 0 Å². The summed E-state index contributed by atoms with van der Waals surface area (Å²) in [6.45, 7) is 11.3. The Morgan fingerprint density at radius 1 is 1.10 bits per heavy atom. The number of hydrogen-bond donors (Lipinski definition) is 2. The number of nitrogens with one attached hydrogen (secondary N) is 1. The van der Waals surface area contributed by atoms with E-state index in [1.165, 1.54) is 25.7 Å². The molecule has 3 N–H and O–H groups in total. The fourth-order valence-corrected chi connectivity index (χ4v) is 3.44. The first-order chi connectivity index (χ1) is 9.93. The van der Waals surface area contributed by atoms with Crippen LogP contribution in [-0.4, -0.2) is 42.5 Å². The first kappa shape index (κ1) is 18.4. The van der Waals surface area contributed by atoms with E-state index >= 15 is 0 Å². The van der Waals surface area contributed by atoms with Gasteiger partial charge in [-0.1, -0.05) is 0 Å². The zero-order valence-corrected chi connectivity index (χ0v) is 14.4. The Morgan fingerprint density at radius 3 is 2.10 bits per heavy atom. The summed E-state index contributed by atoms with van der Waals surface area (Å²) in [5, 5.41) is 3.09. The van der Waals surface area contributed by atoms with E-state index in [1.54, 1.807) is 0 Å². The van der Waals surface area contributed by atoms with Crippen molar-refractivity contribution >= 4 is 5.91 Å². The SMILES string of the molecule is CC(C)N(CCNC(=O)CC1CCC(CN)CC1)C(C)C. The Bertz CT molecular complexity index is 288. The fourth-order valence-electron chi connectivity index (χ4n) is 3.44. The highest BCUT2D eigenvalue weighted by Gasteiger charge is 2.22. The van der Waals surface area contributed by atoms with Gasteiger partial charge in [0.1, 0.15) is 0 Å². The van der Waals surface area contributed by atoms with Crippen LogP contribution in [0, 0.1) is 11.8 Å². The van der Waals surface area contributed by atoms with Gasteiger partial charge in [-0.25, -0.2) is 0 Å². The highest BCUT2D eigenvalue weighted by atomic mass is 16.1. The molecule has 1 saturated carbocycles. The summed E-state index contributed by atoms with van der Waals surface area (Å²) in [6, 6.07) is 1.04. The molecule has 0 radical (unpaired) electrons. The zero-order valence-electron chi connectivity index (χ0n) is 14.4. The number of rotatable bonds is 8. The summed E-state index contributed by atoms with van der Waals surface area (Å²) >= 11 is 0. The number of nitrogens with two attached hydrogens (primary N) is 1. The molecule has 1 aliphatic carbocycles. The number of carbonyl (C=O) groups excluding carboxylic acids is 1. The van der Waals surface area contributed by atoms with Gasteiger partial charge in [0.05, 0.1) is 0 Å². The average Bonchev–Trinajstić information content (AvgIpc) is 2.43. The van der Waals surface area contributed by atoms with Crippen molar-refractivity contribution in [2.24, 2.45) is 17.6 Å². The molecule has 1 amide bonds. The molecular weight excluding hydrogens is 262 g/mol. The maximum absolute atomic E-state index is 12.0. The van der Waals surface area contributed by atoms with E-state index in [-0.39, 0.29) is 5.91 Å². The third kappa shape index (κ3) is 6.79. The van der Waals surface area contributed by atoms with Gasteiger partial charge in [0, 0.05) is 31.6 Å². The van der Waals surface area contributed by atoms with Gasteiger partial charge < -0.3 is 11.1 Å². The molecular formula is C17H35N3O. The Labute approximate surface area is 130 Å². The molecule has 21 heavy (non-hydrogen) atoms. The van der Waals surface area contributed by atoms with E-state index < -0.39 is 0 Å². The van der Waals surface area contributed by atoms with Crippen LogP contribution >= 0.6 is 0 Å². The quantitative estimate of drug-likeness (QED) is 0.723. The minimum atomic E-state index is 0.221. The van der Waals surface area contributed by atoms with Crippen molar-refractivity contribution in [2.45, 2.75) is 71.9 Å². The molecule has 0 unspecified atom stereocenters. The Hall–Kier alpha value is -0.610. The standard InChI is InChI=1S/C17H35N3O/c1-13(2)20(14(3)4)10-9-19-17(21)11-15-5-7-16(12-18)8-6-15/h13-16H,5-12,18H2,1-4H3,(H,19,21). The minimum Gasteiger partial charge on any atom is -0.355 e. The molecule has 0 aromatic rings. The lowest BCUT2D eigenvalue weighted by atomic mass is 9.80. The molecule has 4 nitrogen and oxygen atoms in total. The minimum absolute atomic E-state index is 0.221. The Kier molecular flexibility index (Phi) is 8.27. The van der Waals surface area contributed by atoms with Crippen LogP contribution < -0.4 is 11.1 Å². The fraction of sp³-hybridized carbons (Fsp3) is 0.941. The van der Waals surface area contributed by atoms with Crippen LogP contribution in [0.15, 0.2) is 0 Å². The van der Waals surface area contributed by atoms with Crippen molar-refractivity contribution in [1.29, 1.82) is 0 Å². The molecule has 4 heteroatoms. The molecule has 124 valence electrons. The monoisotopic (exact) mass is 297 g/mol. The lowest BCUT2D eigenvalue weighted by molar-refractivity contribution is -0.122. The summed E-state index contributed by atoms with van der Waals surface area (Å²) < 4.78 is 0. The van der Waals surface area contributed by atoms with Crippen LogP contribution in [0.4, 0.5) is 0 Å². The summed E-state index contributed by atoms with van der Waals surface area (Å²) in [5.74, 6) is 1.48. The molecule has 0 atom stereocenters. The Morgan fingerprint density at radius 2 is 1.62 bits per heavy atom. The largest absolute Gasteiger partial charge is 0.355 e. The van der Waals surface area contributed by atoms with Crippen LogP contribution in [0.5, 0.6) is 0 Å². The smallest absolute Gasteiger partial charge is 0.220 e. The van der Waals surface area contributed by atoms with Crippen molar-refractivity contribution in [3.05, 3.63) is 0 Å².